The van der Waals surface area contributed by atoms with Crippen molar-refractivity contribution in [3.05, 3.63) is 83.9 Å². The molecule has 2 rings (SSSR count). The Labute approximate surface area is 108 Å². The van der Waals surface area contributed by atoms with Crippen LogP contribution in [0.5, 0.6) is 0 Å². The van der Waals surface area contributed by atoms with Crippen molar-refractivity contribution >= 4 is 0 Å². The molecule has 2 aromatic carbocycles. The fourth-order valence-corrected chi connectivity index (χ4v) is 2.14. The van der Waals surface area contributed by atoms with Crippen LogP contribution in [0.4, 0.5) is 0 Å². The number of aliphatic hydroxyl groups is 1. The molecule has 18 heavy (non-hydrogen) atoms. The van der Waals surface area contributed by atoms with E-state index in [1.165, 1.54) is 0 Å². The minimum Gasteiger partial charge on any atom is -0.387 e. The smallest absolute Gasteiger partial charge is 0.0893 e. The topological polar surface area (TPSA) is 20.2 Å². The van der Waals surface area contributed by atoms with E-state index in [0.717, 1.165) is 11.1 Å². The van der Waals surface area contributed by atoms with Crippen molar-refractivity contribution in [2.24, 2.45) is 0 Å². The van der Waals surface area contributed by atoms with Gasteiger partial charge in [-0.25, -0.2) is 0 Å². The zero-order valence-corrected chi connectivity index (χ0v) is 10.5. The number of benzene rings is 2. The lowest BCUT2D eigenvalue weighted by Gasteiger charge is -2.20. The van der Waals surface area contributed by atoms with Crippen LogP contribution in [0.2, 0.25) is 0 Å². The monoisotopic (exact) mass is 238 g/mol. The van der Waals surface area contributed by atoms with Gasteiger partial charge in [-0.3, -0.25) is 0 Å². The molecule has 92 valence electrons. The van der Waals surface area contributed by atoms with Gasteiger partial charge in [0.2, 0.25) is 0 Å². The van der Waals surface area contributed by atoms with Crippen LogP contribution < -0.4 is 0 Å². The Kier molecular flexibility index (Phi) is 4.32. The second kappa shape index (κ2) is 6.18. The van der Waals surface area contributed by atoms with E-state index in [9.17, 15) is 5.11 Å². The van der Waals surface area contributed by atoms with E-state index >= 15 is 0 Å². The Morgan fingerprint density at radius 2 is 1.33 bits per heavy atom. The summed E-state index contributed by atoms with van der Waals surface area (Å²) in [7, 11) is 0. The standard InChI is InChI=1S/C17H18O/c1-2-9-16(14-10-5-3-6-11-14)17(18)15-12-7-4-8-13-15/h2-13,16-18H,1H3/b9-2+/t16-,17+/m0/s1. The maximum atomic E-state index is 10.5. The van der Waals surface area contributed by atoms with Crippen molar-refractivity contribution in [2.75, 3.05) is 0 Å². The Hall–Kier alpha value is -1.86. The van der Waals surface area contributed by atoms with Gasteiger partial charge in [0.1, 0.15) is 0 Å². The van der Waals surface area contributed by atoms with Crippen molar-refractivity contribution in [1.82, 2.24) is 0 Å². The van der Waals surface area contributed by atoms with Crippen LogP contribution in [0.15, 0.2) is 72.8 Å². The molecule has 0 heterocycles. The lowest BCUT2D eigenvalue weighted by molar-refractivity contribution is 0.161. The van der Waals surface area contributed by atoms with Crippen LogP contribution in [-0.2, 0) is 0 Å². The number of rotatable bonds is 4. The van der Waals surface area contributed by atoms with E-state index in [4.69, 9.17) is 0 Å². The van der Waals surface area contributed by atoms with Crippen LogP contribution in [0.3, 0.4) is 0 Å². The molecular formula is C17H18O. The van der Waals surface area contributed by atoms with Gasteiger partial charge in [0.05, 0.1) is 6.10 Å². The third-order valence-corrected chi connectivity index (χ3v) is 3.07. The molecule has 0 aliphatic rings. The zero-order valence-electron chi connectivity index (χ0n) is 10.5. The van der Waals surface area contributed by atoms with Crippen molar-refractivity contribution in [3.63, 3.8) is 0 Å². The molecule has 0 fully saturated rings. The number of hydrogen-bond acceptors (Lipinski definition) is 1. The minimum atomic E-state index is -0.509. The van der Waals surface area contributed by atoms with E-state index in [2.05, 4.69) is 12.1 Å². The van der Waals surface area contributed by atoms with E-state index in [1.54, 1.807) is 0 Å². The fourth-order valence-electron chi connectivity index (χ4n) is 2.14. The molecule has 0 saturated heterocycles. The highest BCUT2D eigenvalue weighted by Crippen LogP contribution is 2.31. The second-order valence-electron chi connectivity index (χ2n) is 4.32. The Bertz CT molecular complexity index is 488. The SMILES string of the molecule is C/C=C/[C@@H](c1ccccc1)[C@H](O)c1ccccc1. The Morgan fingerprint density at radius 1 is 0.833 bits per heavy atom. The maximum absolute atomic E-state index is 10.5. The zero-order chi connectivity index (χ0) is 12.8. The first-order valence-corrected chi connectivity index (χ1v) is 6.23. The average molecular weight is 238 g/mol. The molecule has 0 amide bonds. The lowest BCUT2D eigenvalue weighted by atomic mass is 9.89. The molecule has 2 aromatic rings. The highest BCUT2D eigenvalue weighted by Gasteiger charge is 2.19. The molecule has 0 aliphatic carbocycles. The van der Waals surface area contributed by atoms with Crippen LogP contribution in [0.25, 0.3) is 0 Å². The summed E-state index contributed by atoms with van der Waals surface area (Å²) in [6.45, 7) is 1.98. The summed E-state index contributed by atoms with van der Waals surface area (Å²) in [6, 6.07) is 19.9. The first-order valence-electron chi connectivity index (χ1n) is 6.23. The van der Waals surface area contributed by atoms with Gasteiger partial charge in [0, 0.05) is 5.92 Å². The van der Waals surface area contributed by atoms with E-state index in [0.29, 0.717) is 0 Å². The molecule has 1 nitrogen and oxygen atoms in total. The Balaban J connectivity index is 2.32. The number of hydrogen-bond donors (Lipinski definition) is 1. The Morgan fingerprint density at radius 3 is 1.83 bits per heavy atom. The molecule has 2 atom stereocenters. The summed E-state index contributed by atoms with van der Waals surface area (Å²) in [5.41, 5.74) is 2.08. The molecule has 0 spiro atoms. The summed E-state index contributed by atoms with van der Waals surface area (Å²) >= 11 is 0. The summed E-state index contributed by atoms with van der Waals surface area (Å²) in [5, 5.41) is 10.5. The highest BCUT2D eigenvalue weighted by molar-refractivity contribution is 5.30. The van der Waals surface area contributed by atoms with Gasteiger partial charge in [0.15, 0.2) is 0 Å². The maximum Gasteiger partial charge on any atom is 0.0893 e. The molecule has 1 heteroatoms. The van der Waals surface area contributed by atoms with E-state index in [-0.39, 0.29) is 5.92 Å². The predicted octanol–water partition coefficient (Wildman–Crippen LogP) is 4.08. The van der Waals surface area contributed by atoms with Crippen LogP contribution in [0, 0.1) is 0 Å². The highest BCUT2D eigenvalue weighted by atomic mass is 16.3. The summed E-state index contributed by atoms with van der Waals surface area (Å²) < 4.78 is 0. The number of aliphatic hydroxyl groups excluding tert-OH is 1. The molecular weight excluding hydrogens is 220 g/mol. The van der Waals surface area contributed by atoms with E-state index < -0.39 is 6.10 Å². The van der Waals surface area contributed by atoms with Crippen molar-refractivity contribution in [3.8, 4) is 0 Å². The average Bonchev–Trinajstić information content (AvgIpc) is 2.46. The third kappa shape index (κ3) is 2.88. The molecule has 0 saturated carbocycles. The van der Waals surface area contributed by atoms with Crippen LogP contribution in [0.1, 0.15) is 30.1 Å². The van der Waals surface area contributed by atoms with Gasteiger partial charge in [-0.15, -0.1) is 0 Å². The molecule has 0 radical (unpaired) electrons. The molecule has 0 aliphatic heterocycles. The van der Waals surface area contributed by atoms with Gasteiger partial charge >= 0.3 is 0 Å². The van der Waals surface area contributed by atoms with Crippen molar-refractivity contribution in [2.45, 2.75) is 18.9 Å². The van der Waals surface area contributed by atoms with Crippen LogP contribution in [-0.4, -0.2) is 5.11 Å². The van der Waals surface area contributed by atoms with Gasteiger partial charge in [-0.05, 0) is 18.1 Å². The second-order valence-corrected chi connectivity index (χ2v) is 4.32. The third-order valence-electron chi connectivity index (χ3n) is 3.07. The molecule has 0 aromatic heterocycles. The first-order chi connectivity index (χ1) is 8.83. The lowest BCUT2D eigenvalue weighted by Crippen LogP contribution is -2.08. The van der Waals surface area contributed by atoms with Gasteiger partial charge in [-0.2, -0.15) is 0 Å². The van der Waals surface area contributed by atoms with Crippen molar-refractivity contribution in [1.29, 1.82) is 0 Å². The van der Waals surface area contributed by atoms with Crippen molar-refractivity contribution < 1.29 is 5.11 Å². The quantitative estimate of drug-likeness (QED) is 0.796. The summed E-state index contributed by atoms with van der Waals surface area (Å²) in [5.74, 6) is -0.00130. The predicted molar refractivity (Wildman–Crippen MR) is 75.4 cm³/mol. The van der Waals surface area contributed by atoms with Gasteiger partial charge in [0.25, 0.3) is 0 Å². The minimum absolute atomic E-state index is 0.00130. The van der Waals surface area contributed by atoms with Gasteiger partial charge < -0.3 is 5.11 Å². The van der Waals surface area contributed by atoms with E-state index in [1.807, 2.05) is 67.6 Å². The summed E-state index contributed by atoms with van der Waals surface area (Å²) in [4.78, 5) is 0. The molecule has 1 N–H and O–H groups in total. The molecule has 0 bridgehead atoms. The molecule has 0 unspecified atom stereocenters. The van der Waals surface area contributed by atoms with Crippen LogP contribution >= 0.6 is 0 Å². The fraction of sp³-hybridized carbons (Fsp3) is 0.176. The van der Waals surface area contributed by atoms with Gasteiger partial charge in [-0.1, -0.05) is 72.8 Å². The largest absolute Gasteiger partial charge is 0.387 e. The first kappa shape index (κ1) is 12.6. The summed E-state index contributed by atoms with van der Waals surface area (Å²) in [6.07, 6.45) is 3.53. The number of allylic oxidation sites excluding steroid dienone is 1. The normalized spacial score (nSPS) is 14.6.